The molecule has 1 fully saturated rings. The lowest BCUT2D eigenvalue weighted by Gasteiger charge is -2.35. The van der Waals surface area contributed by atoms with E-state index in [2.05, 4.69) is 67.9 Å². The van der Waals surface area contributed by atoms with Crippen molar-refractivity contribution in [2.75, 3.05) is 14.1 Å². The van der Waals surface area contributed by atoms with Gasteiger partial charge in [-0.05, 0) is 49.7 Å². The monoisotopic (exact) mass is 403 g/mol. The molecule has 0 N–H and O–H groups in total. The van der Waals surface area contributed by atoms with Gasteiger partial charge < -0.3 is 9.80 Å². The van der Waals surface area contributed by atoms with Gasteiger partial charge in [-0.3, -0.25) is 0 Å². The lowest BCUT2D eigenvalue weighted by Crippen LogP contribution is -2.37. The first-order chi connectivity index (χ1) is 14.4. The minimum Gasteiger partial charge on any atom is -0.371 e. The summed E-state index contributed by atoms with van der Waals surface area (Å²) in [5.41, 5.74) is 5.82. The lowest BCUT2D eigenvalue weighted by molar-refractivity contribution is 0.319. The second-order valence-corrected chi connectivity index (χ2v) is 8.69. The Bertz CT molecular complexity index is 830. The van der Waals surface area contributed by atoms with Crippen molar-refractivity contribution in [3.63, 3.8) is 0 Å². The van der Waals surface area contributed by atoms with Gasteiger partial charge in [-0.25, -0.2) is 4.99 Å². The van der Waals surface area contributed by atoms with Gasteiger partial charge in [-0.1, -0.05) is 69.3 Å². The fraction of sp³-hybridized carbons (Fsp3) is 0.444. The zero-order valence-corrected chi connectivity index (χ0v) is 19.0. The Labute approximate surface area is 183 Å². The van der Waals surface area contributed by atoms with Gasteiger partial charge in [0.05, 0.1) is 0 Å². The Morgan fingerprint density at radius 3 is 2.17 bits per heavy atom. The Morgan fingerprint density at radius 1 is 1.00 bits per heavy atom. The zero-order chi connectivity index (χ0) is 21.7. The van der Waals surface area contributed by atoms with Crippen LogP contribution in [0.25, 0.3) is 0 Å². The molecular formula is C27H37N3. The first kappa shape index (κ1) is 22.1. The molecule has 2 aliphatic carbocycles. The maximum atomic E-state index is 4.74. The molecule has 0 heterocycles. The van der Waals surface area contributed by atoms with E-state index in [4.69, 9.17) is 4.99 Å². The molecule has 0 aromatic heterocycles. The van der Waals surface area contributed by atoms with E-state index in [0.29, 0.717) is 12.0 Å². The summed E-state index contributed by atoms with van der Waals surface area (Å²) in [6, 6.07) is 9.13. The van der Waals surface area contributed by atoms with E-state index >= 15 is 0 Å². The zero-order valence-electron chi connectivity index (χ0n) is 19.0. The molecular weight excluding hydrogens is 366 g/mol. The SMILES string of the molecule is C=C(C(=C)N(C)C1Cc2ccccc2C1)C(=N/C=C\C)N(C)C(=C)C1CCCCC1. The van der Waals surface area contributed by atoms with Gasteiger partial charge in [0, 0.05) is 43.3 Å². The van der Waals surface area contributed by atoms with Crippen molar-refractivity contribution in [1.82, 2.24) is 9.80 Å². The quantitative estimate of drug-likeness (QED) is 0.310. The van der Waals surface area contributed by atoms with E-state index < -0.39 is 0 Å². The summed E-state index contributed by atoms with van der Waals surface area (Å²) in [5.74, 6) is 1.37. The second-order valence-electron chi connectivity index (χ2n) is 8.69. The molecule has 0 radical (unpaired) electrons. The summed E-state index contributed by atoms with van der Waals surface area (Å²) in [6.45, 7) is 15.2. The number of hydrogen-bond acceptors (Lipinski definition) is 2. The summed E-state index contributed by atoms with van der Waals surface area (Å²) in [5, 5.41) is 0. The molecule has 3 rings (SSSR count). The van der Waals surface area contributed by atoms with Crippen LogP contribution < -0.4 is 0 Å². The largest absolute Gasteiger partial charge is 0.371 e. The van der Waals surface area contributed by atoms with Crippen LogP contribution in [0.2, 0.25) is 0 Å². The molecule has 30 heavy (non-hydrogen) atoms. The van der Waals surface area contributed by atoms with Gasteiger partial charge in [0.2, 0.25) is 0 Å². The molecule has 0 aliphatic heterocycles. The number of benzene rings is 1. The summed E-state index contributed by atoms with van der Waals surface area (Å²) in [7, 11) is 4.20. The smallest absolute Gasteiger partial charge is 0.141 e. The highest BCUT2D eigenvalue weighted by Crippen LogP contribution is 2.32. The highest BCUT2D eigenvalue weighted by atomic mass is 15.2. The first-order valence-electron chi connectivity index (χ1n) is 11.2. The molecule has 1 aromatic rings. The van der Waals surface area contributed by atoms with E-state index in [9.17, 15) is 0 Å². The molecule has 0 spiro atoms. The minimum atomic E-state index is 0.404. The number of fused-ring (bicyclic) bond motifs is 1. The minimum absolute atomic E-state index is 0.404. The third kappa shape index (κ3) is 4.77. The number of rotatable bonds is 7. The van der Waals surface area contributed by atoms with Crippen molar-refractivity contribution in [3.8, 4) is 0 Å². The molecule has 2 aliphatic rings. The van der Waals surface area contributed by atoms with Crippen LogP contribution >= 0.6 is 0 Å². The average Bonchev–Trinajstić information content (AvgIpc) is 3.22. The fourth-order valence-electron chi connectivity index (χ4n) is 4.73. The topological polar surface area (TPSA) is 18.8 Å². The predicted octanol–water partition coefficient (Wildman–Crippen LogP) is 6.11. The Morgan fingerprint density at radius 2 is 1.60 bits per heavy atom. The van der Waals surface area contributed by atoms with Crippen molar-refractivity contribution >= 4 is 5.84 Å². The van der Waals surface area contributed by atoms with Crippen LogP contribution in [0.4, 0.5) is 0 Å². The third-order valence-corrected chi connectivity index (χ3v) is 6.79. The molecule has 160 valence electrons. The van der Waals surface area contributed by atoms with Crippen LogP contribution in [0.1, 0.15) is 50.2 Å². The molecule has 0 amide bonds. The summed E-state index contributed by atoms with van der Waals surface area (Å²) in [4.78, 5) is 9.16. The van der Waals surface area contributed by atoms with Gasteiger partial charge >= 0.3 is 0 Å². The lowest BCUT2D eigenvalue weighted by atomic mass is 9.86. The van der Waals surface area contributed by atoms with Gasteiger partial charge in [-0.2, -0.15) is 0 Å². The molecule has 0 saturated heterocycles. The van der Waals surface area contributed by atoms with Crippen LogP contribution in [0, 0.1) is 5.92 Å². The first-order valence-corrected chi connectivity index (χ1v) is 11.2. The van der Waals surface area contributed by atoms with Crippen molar-refractivity contribution in [2.45, 2.75) is 57.9 Å². The standard InChI is InChI=1S/C27H37N3/c1-7-17-28-27(30(6)22(4)23-13-9-8-10-14-23)20(2)21(3)29(5)26-18-24-15-11-12-16-25(24)19-26/h7,11-12,15-17,23,26H,2-4,8-10,13-14,18-19H2,1,5-6H3/b17-7-,28-27?. The van der Waals surface area contributed by atoms with Crippen LogP contribution in [0.3, 0.4) is 0 Å². The van der Waals surface area contributed by atoms with Crippen molar-refractivity contribution in [1.29, 1.82) is 0 Å². The van der Waals surface area contributed by atoms with E-state index in [1.807, 2.05) is 19.2 Å². The Kier molecular flexibility index (Phi) is 7.36. The predicted molar refractivity (Wildman–Crippen MR) is 129 cm³/mol. The Balaban J connectivity index is 1.74. The summed E-state index contributed by atoms with van der Waals surface area (Å²) in [6.07, 6.45) is 12.2. The van der Waals surface area contributed by atoms with Gasteiger partial charge in [0.1, 0.15) is 5.84 Å². The van der Waals surface area contributed by atoms with E-state index in [1.54, 1.807) is 0 Å². The molecule has 1 saturated carbocycles. The number of hydrogen-bond donors (Lipinski definition) is 0. The molecule has 3 heteroatoms. The number of aliphatic imine (C=N–C) groups is 1. The number of allylic oxidation sites excluding steroid dienone is 2. The number of likely N-dealkylation sites (N-methyl/N-ethyl adjacent to an activating group) is 2. The maximum absolute atomic E-state index is 4.74. The van der Waals surface area contributed by atoms with Crippen molar-refractivity contribution in [3.05, 3.63) is 84.4 Å². The van der Waals surface area contributed by atoms with Crippen LogP contribution in [-0.2, 0) is 12.8 Å². The normalized spacial score (nSPS) is 17.8. The van der Waals surface area contributed by atoms with Crippen LogP contribution in [0.15, 0.2) is 78.2 Å². The Hall–Kier alpha value is -2.55. The fourth-order valence-corrected chi connectivity index (χ4v) is 4.73. The molecule has 1 aromatic carbocycles. The van der Waals surface area contributed by atoms with Crippen LogP contribution in [0.5, 0.6) is 0 Å². The second kappa shape index (κ2) is 9.97. The highest BCUT2D eigenvalue weighted by Gasteiger charge is 2.28. The van der Waals surface area contributed by atoms with Gasteiger partial charge in [0.25, 0.3) is 0 Å². The molecule has 0 atom stereocenters. The maximum Gasteiger partial charge on any atom is 0.141 e. The van der Waals surface area contributed by atoms with E-state index in [0.717, 1.165) is 35.6 Å². The highest BCUT2D eigenvalue weighted by molar-refractivity contribution is 6.02. The van der Waals surface area contributed by atoms with E-state index in [-0.39, 0.29) is 0 Å². The van der Waals surface area contributed by atoms with E-state index in [1.165, 1.54) is 43.2 Å². The number of nitrogens with zero attached hydrogens (tertiary/aromatic N) is 3. The van der Waals surface area contributed by atoms with Crippen LogP contribution in [-0.4, -0.2) is 35.8 Å². The molecule has 0 unspecified atom stereocenters. The third-order valence-electron chi connectivity index (χ3n) is 6.79. The number of amidine groups is 1. The van der Waals surface area contributed by atoms with Crippen molar-refractivity contribution < 1.29 is 0 Å². The van der Waals surface area contributed by atoms with Gasteiger partial charge in [-0.15, -0.1) is 0 Å². The average molecular weight is 404 g/mol. The molecule has 0 bridgehead atoms. The summed E-state index contributed by atoms with van der Waals surface area (Å²) < 4.78 is 0. The van der Waals surface area contributed by atoms with Gasteiger partial charge in [0.15, 0.2) is 0 Å². The molecule has 3 nitrogen and oxygen atoms in total. The summed E-state index contributed by atoms with van der Waals surface area (Å²) >= 11 is 0. The van der Waals surface area contributed by atoms with Crippen molar-refractivity contribution in [2.24, 2.45) is 10.9 Å².